The molecule has 0 saturated carbocycles. The molecule has 1 atom stereocenters. The first-order valence-corrected chi connectivity index (χ1v) is 6.00. The Morgan fingerprint density at radius 3 is 2.60 bits per heavy atom. The van der Waals surface area contributed by atoms with E-state index in [9.17, 15) is 4.79 Å². The average Bonchev–Trinajstić information content (AvgIpc) is 2.87. The van der Waals surface area contributed by atoms with E-state index in [1.807, 2.05) is 4.90 Å². The maximum absolute atomic E-state index is 11.8. The van der Waals surface area contributed by atoms with Gasteiger partial charge in [-0.1, -0.05) is 0 Å². The summed E-state index contributed by atoms with van der Waals surface area (Å²) in [5, 5.41) is 0. The lowest BCUT2D eigenvalue weighted by Gasteiger charge is -2.20. The first-order chi connectivity index (χ1) is 7.29. The van der Waals surface area contributed by atoms with Crippen LogP contribution in [0, 0.1) is 5.92 Å². The lowest BCUT2D eigenvalue weighted by Crippen LogP contribution is -2.38. The molecular formula is C11H21N3O. The molecule has 1 amide bonds. The number of nitrogens with two attached hydrogens (primary N) is 1. The summed E-state index contributed by atoms with van der Waals surface area (Å²) in [4.78, 5) is 16.1. The van der Waals surface area contributed by atoms with Crippen LogP contribution in [0.4, 0.5) is 0 Å². The van der Waals surface area contributed by atoms with Gasteiger partial charge in [-0.05, 0) is 38.3 Å². The van der Waals surface area contributed by atoms with Crippen molar-refractivity contribution < 1.29 is 4.79 Å². The Hall–Kier alpha value is -0.610. The predicted octanol–water partition coefficient (Wildman–Crippen LogP) is -0.111. The molecule has 15 heavy (non-hydrogen) atoms. The number of amides is 1. The van der Waals surface area contributed by atoms with Gasteiger partial charge in [0, 0.05) is 19.6 Å². The van der Waals surface area contributed by atoms with Crippen molar-refractivity contribution in [3.8, 4) is 0 Å². The molecule has 2 heterocycles. The highest BCUT2D eigenvalue weighted by Crippen LogP contribution is 2.15. The molecule has 1 unspecified atom stereocenters. The number of carbonyl (C=O) groups excluding carboxylic acids is 1. The van der Waals surface area contributed by atoms with E-state index in [-0.39, 0.29) is 0 Å². The fraction of sp³-hybridized carbons (Fsp3) is 0.909. The summed E-state index contributed by atoms with van der Waals surface area (Å²) in [7, 11) is 0. The van der Waals surface area contributed by atoms with E-state index in [0.29, 0.717) is 18.4 Å². The molecule has 2 fully saturated rings. The van der Waals surface area contributed by atoms with Crippen LogP contribution in [0.1, 0.15) is 19.3 Å². The lowest BCUT2D eigenvalue weighted by molar-refractivity contribution is -0.131. The summed E-state index contributed by atoms with van der Waals surface area (Å²) >= 11 is 0. The van der Waals surface area contributed by atoms with E-state index in [4.69, 9.17) is 5.73 Å². The third-order valence-corrected chi connectivity index (χ3v) is 3.52. The summed E-state index contributed by atoms with van der Waals surface area (Å²) in [5.41, 5.74) is 5.63. The van der Waals surface area contributed by atoms with Crippen molar-refractivity contribution in [2.45, 2.75) is 19.3 Å². The van der Waals surface area contributed by atoms with Crippen molar-refractivity contribution in [3.05, 3.63) is 0 Å². The van der Waals surface area contributed by atoms with Crippen LogP contribution < -0.4 is 5.73 Å². The second-order valence-electron chi connectivity index (χ2n) is 4.71. The Morgan fingerprint density at radius 2 is 2.00 bits per heavy atom. The van der Waals surface area contributed by atoms with Gasteiger partial charge in [0.1, 0.15) is 0 Å². The molecule has 0 aromatic rings. The van der Waals surface area contributed by atoms with Gasteiger partial charge in [-0.15, -0.1) is 0 Å². The largest absolute Gasteiger partial charge is 0.342 e. The number of likely N-dealkylation sites (tertiary alicyclic amines) is 2. The fourth-order valence-corrected chi connectivity index (χ4v) is 2.51. The van der Waals surface area contributed by atoms with E-state index in [1.165, 1.54) is 12.8 Å². The molecule has 2 aliphatic rings. The molecular weight excluding hydrogens is 190 g/mol. The zero-order valence-corrected chi connectivity index (χ0v) is 9.32. The highest BCUT2D eigenvalue weighted by molar-refractivity contribution is 5.78. The first kappa shape index (κ1) is 10.9. The Balaban J connectivity index is 1.74. The van der Waals surface area contributed by atoms with Crippen LogP contribution in [0.5, 0.6) is 0 Å². The predicted molar refractivity (Wildman–Crippen MR) is 59.4 cm³/mol. The van der Waals surface area contributed by atoms with Gasteiger partial charge in [-0.2, -0.15) is 0 Å². The number of carbonyl (C=O) groups is 1. The third-order valence-electron chi connectivity index (χ3n) is 3.52. The molecule has 2 saturated heterocycles. The number of nitrogens with zero attached hydrogens (tertiary/aromatic N) is 2. The van der Waals surface area contributed by atoms with Gasteiger partial charge in [0.25, 0.3) is 0 Å². The monoisotopic (exact) mass is 211 g/mol. The molecule has 86 valence electrons. The van der Waals surface area contributed by atoms with Gasteiger partial charge < -0.3 is 10.6 Å². The van der Waals surface area contributed by atoms with Gasteiger partial charge >= 0.3 is 0 Å². The molecule has 0 aliphatic carbocycles. The van der Waals surface area contributed by atoms with Gasteiger partial charge in [-0.25, -0.2) is 0 Å². The fourth-order valence-electron chi connectivity index (χ4n) is 2.51. The van der Waals surface area contributed by atoms with Crippen molar-refractivity contribution in [2.75, 3.05) is 39.3 Å². The van der Waals surface area contributed by atoms with E-state index >= 15 is 0 Å². The zero-order valence-electron chi connectivity index (χ0n) is 9.32. The van der Waals surface area contributed by atoms with Gasteiger partial charge in [0.2, 0.25) is 5.91 Å². The normalized spacial score (nSPS) is 27.5. The smallest absolute Gasteiger partial charge is 0.236 e. The van der Waals surface area contributed by atoms with Crippen LogP contribution in [-0.4, -0.2) is 55.0 Å². The summed E-state index contributed by atoms with van der Waals surface area (Å²) < 4.78 is 0. The second kappa shape index (κ2) is 4.94. The first-order valence-electron chi connectivity index (χ1n) is 6.00. The van der Waals surface area contributed by atoms with Gasteiger partial charge in [-0.3, -0.25) is 9.69 Å². The van der Waals surface area contributed by atoms with Crippen LogP contribution in [0.3, 0.4) is 0 Å². The molecule has 0 bridgehead atoms. The van der Waals surface area contributed by atoms with Crippen LogP contribution in [0.25, 0.3) is 0 Å². The molecule has 0 aromatic heterocycles. The number of rotatable bonds is 3. The van der Waals surface area contributed by atoms with Gasteiger partial charge in [0.05, 0.1) is 6.54 Å². The molecule has 0 radical (unpaired) electrons. The van der Waals surface area contributed by atoms with E-state index in [0.717, 1.165) is 39.1 Å². The highest BCUT2D eigenvalue weighted by atomic mass is 16.2. The second-order valence-corrected chi connectivity index (χ2v) is 4.71. The average molecular weight is 211 g/mol. The number of hydrogen-bond acceptors (Lipinski definition) is 3. The summed E-state index contributed by atoms with van der Waals surface area (Å²) in [6.45, 7) is 5.35. The SMILES string of the molecule is NCC1CCN(CC(=O)N2CCCC2)C1. The van der Waals surface area contributed by atoms with Crippen LogP contribution in [0.2, 0.25) is 0 Å². The Bertz CT molecular complexity index is 226. The summed E-state index contributed by atoms with van der Waals surface area (Å²) in [6, 6.07) is 0. The molecule has 4 heteroatoms. The molecule has 0 spiro atoms. The van der Waals surface area contributed by atoms with E-state index < -0.39 is 0 Å². The minimum Gasteiger partial charge on any atom is -0.342 e. The van der Waals surface area contributed by atoms with Crippen LogP contribution >= 0.6 is 0 Å². The van der Waals surface area contributed by atoms with Crippen molar-refractivity contribution in [2.24, 2.45) is 11.7 Å². The Labute approximate surface area is 91.4 Å². The molecule has 2 aliphatic heterocycles. The highest BCUT2D eigenvalue weighted by Gasteiger charge is 2.25. The Morgan fingerprint density at radius 1 is 1.27 bits per heavy atom. The van der Waals surface area contributed by atoms with E-state index in [2.05, 4.69) is 4.90 Å². The van der Waals surface area contributed by atoms with Crippen molar-refractivity contribution in [3.63, 3.8) is 0 Å². The Kier molecular flexibility index (Phi) is 3.59. The minimum absolute atomic E-state index is 0.310. The maximum Gasteiger partial charge on any atom is 0.236 e. The topological polar surface area (TPSA) is 49.6 Å². The zero-order chi connectivity index (χ0) is 10.7. The summed E-state index contributed by atoms with van der Waals surface area (Å²) in [5.74, 6) is 0.918. The number of hydrogen-bond donors (Lipinski definition) is 1. The molecule has 2 rings (SSSR count). The molecule has 4 nitrogen and oxygen atoms in total. The molecule has 2 N–H and O–H groups in total. The van der Waals surface area contributed by atoms with E-state index in [1.54, 1.807) is 0 Å². The van der Waals surface area contributed by atoms with Crippen molar-refractivity contribution in [1.29, 1.82) is 0 Å². The lowest BCUT2D eigenvalue weighted by atomic mass is 10.1. The van der Waals surface area contributed by atoms with Crippen molar-refractivity contribution in [1.82, 2.24) is 9.80 Å². The maximum atomic E-state index is 11.8. The van der Waals surface area contributed by atoms with Crippen LogP contribution in [0.15, 0.2) is 0 Å². The van der Waals surface area contributed by atoms with Crippen LogP contribution in [-0.2, 0) is 4.79 Å². The summed E-state index contributed by atoms with van der Waals surface area (Å²) in [6.07, 6.45) is 3.51. The van der Waals surface area contributed by atoms with Crippen molar-refractivity contribution >= 4 is 5.91 Å². The minimum atomic E-state index is 0.310. The third kappa shape index (κ3) is 2.69. The quantitative estimate of drug-likeness (QED) is 0.708. The van der Waals surface area contributed by atoms with Gasteiger partial charge in [0.15, 0.2) is 0 Å². The standard InChI is InChI=1S/C11H21N3O/c12-7-10-3-6-13(8-10)9-11(15)14-4-1-2-5-14/h10H,1-9,12H2. The molecule has 0 aromatic carbocycles.